The molecule has 4 heterocycles. The van der Waals surface area contributed by atoms with Crippen LogP contribution in [-0.2, 0) is 19.6 Å². The summed E-state index contributed by atoms with van der Waals surface area (Å²) in [5.41, 5.74) is 7.89. The number of piperidine rings is 2. The molecule has 3 aliphatic rings. The zero-order chi connectivity index (χ0) is 35.0. The van der Waals surface area contributed by atoms with Crippen LogP contribution in [0.25, 0.3) is 10.9 Å². The predicted octanol–water partition coefficient (Wildman–Crippen LogP) is 4.77. The molecule has 4 N–H and O–H groups in total. The maximum Gasteiger partial charge on any atom is 0.323 e. The minimum Gasteiger partial charge on any atom is -0.463 e. The molecule has 0 bridgehead atoms. The fourth-order valence-corrected chi connectivity index (χ4v) is 7.27. The number of hydrogen-bond acceptors (Lipinski definition) is 10. The second-order valence-corrected chi connectivity index (χ2v) is 15.6. The minimum atomic E-state index is -3.91. The van der Waals surface area contributed by atoms with E-state index in [-0.39, 0.29) is 50.0 Å². The summed E-state index contributed by atoms with van der Waals surface area (Å²) in [6.07, 6.45) is 5.36. The van der Waals surface area contributed by atoms with Gasteiger partial charge in [-0.2, -0.15) is 0 Å². The Balaban J connectivity index is 1.23. The number of halogens is 2. The maximum absolute atomic E-state index is 14.0. The number of ether oxygens (including phenoxy) is 1. The summed E-state index contributed by atoms with van der Waals surface area (Å²) in [5.74, 6) is -3.79. The molecule has 12 nitrogen and oxygen atoms in total. The van der Waals surface area contributed by atoms with E-state index in [9.17, 15) is 26.8 Å². The van der Waals surface area contributed by atoms with E-state index >= 15 is 0 Å². The Morgan fingerprint density at radius 3 is 2.37 bits per heavy atom. The van der Waals surface area contributed by atoms with Crippen molar-refractivity contribution in [3.05, 3.63) is 48.2 Å². The van der Waals surface area contributed by atoms with Gasteiger partial charge >= 0.3 is 5.97 Å². The molecule has 2 saturated heterocycles. The molecule has 15 heteroatoms. The number of nitrogens with zero attached hydrogens (tertiary/aromatic N) is 4. The summed E-state index contributed by atoms with van der Waals surface area (Å²) < 4.78 is 61.4. The molecule has 6 rings (SSSR count). The Hall–Kier alpha value is -4.11. The number of anilines is 4. The van der Waals surface area contributed by atoms with Crippen molar-refractivity contribution in [3.8, 4) is 0 Å². The molecule has 1 saturated carbocycles. The van der Waals surface area contributed by atoms with Crippen molar-refractivity contribution in [2.24, 2.45) is 17.1 Å². The lowest BCUT2D eigenvalue weighted by molar-refractivity contribution is -0.145. The minimum absolute atomic E-state index is 0.106. The van der Waals surface area contributed by atoms with Crippen molar-refractivity contribution in [2.75, 3.05) is 58.4 Å². The van der Waals surface area contributed by atoms with E-state index in [0.717, 1.165) is 12.8 Å². The molecule has 1 atom stereocenters. The molecule has 264 valence electrons. The zero-order valence-corrected chi connectivity index (χ0v) is 28.6. The number of pyridine rings is 2. The molecular weight excluding hydrogens is 656 g/mol. The third-order valence-corrected chi connectivity index (χ3v) is 11.1. The van der Waals surface area contributed by atoms with Crippen LogP contribution >= 0.6 is 0 Å². The highest BCUT2D eigenvalue weighted by molar-refractivity contribution is 7.92. The van der Waals surface area contributed by atoms with E-state index < -0.39 is 39.6 Å². The first-order valence-electron chi connectivity index (χ1n) is 16.7. The number of benzene rings is 1. The van der Waals surface area contributed by atoms with Crippen LogP contribution < -0.4 is 25.6 Å². The molecule has 3 fully saturated rings. The van der Waals surface area contributed by atoms with Crippen molar-refractivity contribution in [1.82, 2.24) is 9.97 Å². The standard InChI is InChI=1S/C34H43F2N7O5S/c1-22(2)28(37)32(45)48-18-19-49(46,47)41-24-5-6-25(26(21-24)42-14-9-33(7-8-33)10-15-42)31(44)40-27-20-23-4-3-13-38-29(23)30(39-27)43-16-11-34(35,36)12-17-43/h3-6,13,20-22,28,41H,7-12,14-19,37H2,1-2H3,(H,39,40,44)/t28-/m0/s1. The average Bonchev–Trinajstić information content (AvgIpc) is 3.82. The lowest BCUT2D eigenvalue weighted by Gasteiger charge is -2.35. The molecule has 0 radical (unpaired) electrons. The fourth-order valence-electron chi connectivity index (χ4n) is 6.38. The van der Waals surface area contributed by atoms with E-state index in [2.05, 4.69) is 24.9 Å². The van der Waals surface area contributed by atoms with Gasteiger partial charge in [-0.1, -0.05) is 19.9 Å². The molecule has 1 amide bonds. The van der Waals surface area contributed by atoms with Crippen molar-refractivity contribution < 1.29 is 31.5 Å². The number of sulfonamides is 1. The van der Waals surface area contributed by atoms with Crippen LogP contribution in [-0.4, -0.2) is 80.8 Å². The second-order valence-electron chi connectivity index (χ2n) is 13.8. The van der Waals surface area contributed by atoms with Gasteiger partial charge in [-0.15, -0.1) is 0 Å². The molecule has 1 spiro atoms. The van der Waals surface area contributed by atoms with Crippen molar-refractivity contribution in [1.29, 1.82) is 0 Å². The summed E-state index contributed by atoms with van der Waals surface area (Å²) >= 11 is 0. The monoisotopic (exact) mass is 699 g/mol. The van der Waals surface area contributed by atoms with Gasteiger partial charge in [0, 0.05) is 50.6 Å². The Morgan fingerprint density at radius 2 is 1.69 bits per heavy atom. The first-order valence-corrected chi connectivity index (χ1v) is 18.4. The third-order valence-electron chi connectivity index (χ3n) is 9.83. The van der Waals surface area contributed by atoms with Crippen LogP contribution in [0, 0.1) is 11.3 Å². The van der Waals surface area contributed by atoms with Gasteiger partial charge in [0.05, 0.1) is 16.9 Å². The fraction of sp³-hybridized carbons (Fsp3) is 0.529. The van der Waals surface area contributed by atoms with Crippen LogP contribution in [0.4, 0.5) is 31.8 Å². The SMILES string of the molecule is CC(C)[C@H](N)C(=O)OCCS(=O)(=O)Nc1ccc(C(=O)Nc2cc3cccnc3c(N3CCC(F)(F)CC3)n2)c(N2CCC3(CC2)CC3)c1. The Morgan fingerprint density at radius 1 is 1.00 bits per heavy atom. The highest BCUT2D eigenvalue weighted by Gasteiger charge is 2.44. The normalized spacial score (nSPS) is 19.1. The number of rotatable bonds is 11. The molecule has 0 unspecified atom stereocenters. The van der Waals surface area contributed by atoms with Gasteiger partial charge in [-0.05, 0) is 67.3 Å². The van der Waals surface area contributed by atoms with Gasteiger partial charge < -0.3 is 25.6 Å². The number of hydrogen-bond donors (Lipinski definition) is 3. The molecule has 1 aliphatic carbocycles. The van der Waals surface area contributed by atoms with Crippen molar-refractivity contribution in [3.63, 3.8) is 0 Å². The van der Waals surface area contributed by atoms with Gasteiger partial charge in [0.15, 0.2) is 5.82 Å². The van der Waals surface area contributed by atoms with Crippen LogP contribution in [0.1, 0.15) is 62.7 Å². The first kappa shape index (κ1) is 34.7. The summed E-state index contributed by atoms with van der Waals surface area (Å²) in [6.45, 7) is 4.83. The zero-order valence-electron chi connectivity index (χ0n) is 27.8. The Bertz CT molecular complexity index is 1820. The van der Waals surface area contributed by atoms with Crippen LogP contribution in [0.2, 0.25) is 0 Å². The molecule has 49 heavy (non-hydrogen) atoms. The lowest BCUT2D eigenvalue weighted by Crippen LogP contribution is -2.40. The number of carbonyl (C=O) groups excluding carboxylic acids is 2. The van der Waals surface area contributed by atoms with E-state index in [1.165, 1.54) is 18.9 Å². The van der Waals surface area contributed by atoms with E-state index in [0.29, 0.717) is 46.5 Å². The smallest absolute Gasteiger partial charge is 0.323 e. The largest absolute Gasteiger partial charge is 0.463 e. The van der Waals surface area contributed by atoms with Gasteiger partial charge in [0.1, 0.15) is 29.7 Å². The Kier molecular flexibility index (Phi) is 9.68. The summed E-state index contributed by atoms with van der Waals surface area (Å²) in [4.78, 5) is 39.0. The highest BCUT2D eigenvalue weighted by atomic mass is 32.2. The number of aromatic nitrogens is 2. The van der Waals surface area contributed by atoms with Gasteiger partial charge in [-0.25, -0.2) is 22.2 Å². The van der Waals surface area contributed by atoms with Crippen LogP contribution in [0.5, 0.6) is 0 Å². The number of esters is 1. The number of carbonyl (C=O) groups is 2. The van der Waals surface area contributed by atoms with Crippen LogP contribution in [0.15, 0.2) is 42.6 Å². The second kappa shape index (κ2) is 13.7. The molecular formula is C34H43F2N7O5S. The van der Waals surface area contributed by atoms with E-state index in [1.54, 1.807) is 49.2 Å². The van der Waals surface area contributed by atoms with Gasteiger partial charge in [0.2, 0.25) is 10.0 Å². The number of nitrogens with one attached hydrogen (secondary N) is 2. The van der Waals surface area contributed by atoms with Crippen molar-refractivity contribution in [2.45, 2.75) is 64.3 Å². The Labute approximate surface area is 284 Å². The van der Waals surface area contributed by atoms with Crippen molar-refractivity contribution >= 4 is 55.8 Å². The number of fused-ring (bicyclic) bond motifs is 1. The quantitative estimate of drug-likeness (QED) is 0.238. The molecule has 3 aromatic rings. The van der Waals surface area contributed by atoms with Crippen LogP contribution in [0.3, 0.4) is 0 Å². The molecule has 2 aliphatic heterocycles. The number of amides is 1. The lowest BCUT2D eigenvalue weighted by atomic mass is 9.93. The van der Waals surface area contributed by atoms with Gasteiger partial charge in [-0.3, -0.25) is 19.3 Å². The molecule has 2 aromatic heterocycles. The summed E-state index contributed by atoms with van der Waals surface area (Å²) in [6, 6.07) is 9.17. The topological polar surface area (TPSA) is 160 Å². The summed E-state index contributed by atoms with van der Waals surface area (Å²) in [7, 11) is -3.91. The first-order chi connectivity index (χ1) is 23.2. The van der Waals surface area contributed by atoms with E-state index in [1.807, 2.05) is 6.07 Å². The number of alkyl halides is 2. The predicted molar refractivity (Wildman–Crippen MR) is 185 cm³/mol. The maximum atomic E-state index is 14.0. The highest BCUT2D eigenvalue weighted by Crippen LogP contribution is 2.54. The molecule has 1 aromatic carbocycles. The van der Waals surface area contributed by atoms with E-state index in [4.69, 9.17) is 10.5 Å². The van der Waals surface area contributed by atoms with Gasteiger partial charge in [0.25, 0.3) is 11.8 Å². The average molecular weight is 700 g/mol. The number of nitrogens with two attached hydrogens (primary N) is 1. The summed E-state index contributed by atoms with van der Waals surface area (Å²) in [5, 5.41) is 3.60. The third kappa shape index (κ3) is 8.20.